The first-order valence-electron chi connectivity index (χ1n) is 7.91. The average molecular weight is 306 g/mol. The molecule has 1 saturated heterocycles. The van der Waals surface area contributed by atoms with Gasteiger partial charge in [0.1, 0.15) is 5.82 Å². The number of pyridine rings is 1. The van der Waals surface area contributed by atoms with Gasteiger partial charge in [-0.2, -0.15) is 0 Å². The zero-order valence-corrected chi connectivity index (χ0v) is 13.5. The zero-order valence-electron chi connectivity index (χ0n) is 13.5. The molecular weight excluding hydrogens is 280 g/mol. The summed E-state index contributed by atoms with van der Waals surface area (Å²) in [6.45, 7) is 5.99. The highest BCUT2D eigenvalue weighted by Gasteiger charge is 2.17. The monoisotopic (exact) mass is 306 g/mol. The normalized spacial score (nSPS) is 17.3. The molecule has 6 nitrogen and oxygen atoms in total. The van der Waals surface area contributed by atoms with E-state index in [-0.39, 0.29) is 18.6 Å². The van der Waals surface area contributed by atoms with Gasteiger partial charge < -0.3 is 20.2 Å². The highest BCUT2D eigenvalue weighted by Crippen LogP contribution is 2.15. The molecule has 2 rings (SSSR count). The van der Waals surface area contributed by atoms with Crippen molar-refractivity contribution >= 4 is 11.7 Å². The highest BCUT2D eigenvalue weighted by molar-refractivity contribution is 5.95. The summed E-state index contributed by atoms with van der Waals surface area (Å²) in [5.74, 6) is 0.784. The molecule has 0 aliphatic carbocycles. The fraction of sp³-hybridized carbons (Fsp3) is 0.625. The van der Waals surface area contributed by atoms with Crippen LogP contribution in [0.3, 0.4) is 0 Å². The van der Waals surface area contributed by atoms with Crippen LogP contribution >= 0.6 is 0 Å². The van der Waals surface area contributed by atoms with Gasteiger partial charge in [0.2, 0.25) is 0 Å². The Morgan fingerprint density at radius 3 is 2.82 bits per heavy atom. The summed E-state index contributed by atoms with van der Waals surface area (Å²) in [7, 11) is 2.11. The minimum Gasteiger partial charge on any atom is -0.396 e. The number of anilines is 1. The van der Waals surface area contributed by atoms with Gasteiger partial charge in [0.15, 0.2) is 0 Å². The number of carbonyl (C=O) groups is 1. The van der Waals surface area contributed by atoms with Gasteiger partial charge in [-0.1, -0.05) is 0 Å². The van der Waals surface area contributed by atoms with E-state index < -0.39 is 0 Å². The minimum atomic E-state index is -0.0804. The molecule has 1 aromatic rings. The Kier molecular flexibility index (Phi) is 6.15. The van der Waals surface area contributed by atoms with E-state index in [9.17, 15) is 4.79 Å². The molecule has 1 aliphatic rings. The van der Waals surface area contributed by atoms with Crippen LogP contribution in [0.4, 0.5) is 5.82 Å². The van der Waals surface area contributed by atoms with Crippen LogP contribution in [-0.4, -0.2) is 66.8 Å². The lowest BCUT2D eigenvalue weighted by Crippen LogP contribution is -2.44. The Hall–Kier alpha value is -1.66. The SMILES string of the molecule is CC(CCCO)NC(=O)c1ccnc(N2CCN(C)CC2)c1. The molecule has 0 aromatic carbocycles. The first kappa shape index (κ1) is 16.7. The lowest BCUT2D eigenvalue weighted by molar-refractivity contribution is 0.0936. The molecule has 2 heterocycles. The molecule has 0 saturated carbocycles. The number of rotatable bonds is 6. The molecule has 0 radical (unpaired) electrons. The Labute approximate surface area is 132 Å². The summed E-state index contributed by atoms with van der Waals surface area (Å²) in [5, 5.41) is 11.8. The Balaban J connectivity index is 1.97. The van der Waals surface area contributed by atoms with Crippen LogP contribution < -0.4 is 10.2 Å². The largest absolute Gasteiger partial charge is 0.396 e. The molecular formula is C16H26N4O2. The van der Waals surface area contributed by atoms with E-state index in [1.807, 2.05) is 13.0 Å². The third-order valence-corrected chi connectivity index (χ3v) is 4.01. The number of piperazine rings is 1. The van der Waals surface area contributed by atoms with Crippen molar-refractivity contribution < 1.29 is 9.90 Å². The van der Waals surface area contributed by atoms with Crippen molar-refractivity contribution in [2.45, 2.75) is 25.8 Å². The molecule has 2 N–H and O–H groups in total. The fourth-order valence-electron chi connectivity index (χ4n) is 2.54. The van der Waals surface area contributed by atoms with E-state index in [1.165, 1.54) is 0 Å². The quantitative estimate of drug-likeness (QED) is 0.811. The predicted octanol–water partition coefficient (Wildman–Crippen LogP) is 0.724. The smallest absolute Gasteiger partial charge is 0.251 e. The van der Waals surface area contributed by atoms with Crippen molar-refractivity contribution in [3.8, 4) is 0 Å². The second-order valence-electron chi connectivity index (χ2n) is 5.93. The number of nitrogens with one attached hydrogen (secondary N) is 1. The van der Waals surface area contributed by atoms with E-state index in [4.69, 9.17) is 5.11 Å². The summed E-state index contributed by atoms with van der Waals surface area (Å²) >= 11 is 0. The second kappa shape index (κ2) is 8.10. The van der Waals surface area contributed by atoms with Crippen LogP contribution in [0.2, 0.25) is 0 Å². The third-order valence-electron chi connectivity index (χ3n) is 4.01. The van der Waals surface area contributed by atoms with E-state index in [0.29, 0.717) is 12.0 Å². The summed E-state index contributed by atoms with van der Waals surface area (Å²) in [4.78, 5) is 21.2. The Morgan fingerprint density at radius 2 is 2.14 bits per heavy atom. The van der Waals surface area contributed by atoms with Gasteiger partial charge in [-0.05, 0) is 38.9 Å². The number of amides is 1. The first-order chi connectivity index (χ1) is 10.6. The van der Waals surface area contributed by atoms with Gasteiger partial charge in [0.25, 0.3) is 5.91 Å². The highest BCUT2D eigenvalue weighted by atomic mass is 16.3. The van der Waals surface area contributed by atoms with Crippen molar-refractivity contribution in [3.63, 3.8) is 0 Å². The fourth-order valence-corrected chi connectivity index (χ4v) is 2.54. The van der Waals surface area contributed by atoms with Gasteiger partial charge in [-0.15, -0.1) is 0 Å². The van der Waals surface area contributed by atoms with Gasteiger partial charge in [0, 0.05) is 50.6 Å². The lowest BCUT2D eigenvalue weighted by Gasteiger charge is -2.33. The van der Waals surface area contributed by atoms with Crippen LogP contribution in [0.5, 0.6) is 0 Å². The zero-order chi connectivity index (χ0) is 15.9. The van der Waals surface area contributed by atoms with E-state index in [0.717, 1.165) is 38.4 Å². The standard InChI is InChI=1S/C16H26N4O2/c1-13(4-3-11-21)18-16(22)14-5-6-17-15(12-14)20-9-7-19(2)8-10-20/h5-6,12-13,21H,3-4,7-11H2,1-2H3,(H,18,22). The number of aliphatic hydroxyl groups excluding tert-OH is 1. The maximum absolute atomic E-state index is 12.3. The van der Waals surface area contributed by atoms with Crippen molar-refractivity contribution in [3.05, 3.63) is 23.9 Å². The number of likely N-dealkylation sites (N-methyl/N-ethyl adjacent to an activating group) is 1. The van der Waals surface area contributed by atoms with E-state index >= 15 is 0 Å². The molecule has 1 fully saturated rings. The molecule has 1 aromatic heterocycles. The van der Waals surface area contributed by atoms with Crippen molar-refractivity contribution in [2.24, 2.45) is 0 Å². The number of carbonyl (C=O) groups excluding carboxylic acids is 1. The maximum atomic E-state index is 12.3. The number of hydrogen-bond donors (Lipinski definition) is 2. The van der Waals surface area contributed by atoms with Crippen molar-refractivity contribution in [2.75, 3.05) is 44.7 Å². The summed E-state index contributed by atoms with van der Waals surface area (Å²) in [6.07, 6.45) is 3.17. The van der Waals surface area contributed by atoms with Crippen molar-refractivity contribution in [1.82, 2.24) is 15.2 Å². The molecule has 0 spiro atoms. The van der Waals surface area contributed by atoms with Crippen LogP contribution in [0.1, 0.15) is 30.1 Å². The van der Waals surface area contributed by atoms with Gasteiger partial charge in [0.05, 0.1) is 0 Å². The molecule has 6 heteroatoms. The number of nitrogens with zero attached hydrogens (tertiary/aromatic N) is 3. The lowest BCUT2D eigenvalue weighted by atomic mass is 10.1. The Bertz CT molecular complexity index is 487. The Morgan fingerprint density at radius 1 is 1.41 bits per heavy atom. The molecule has 1 aliphatic heterocycles. The molecule has 1 unspecified atom stereocenters. The molecule has 0 bridgehead atoms. The minimum absolute atomic E-state index is 0.0555. The van der Waals surface area contributed by atoms with Crippen LogP contribution in [0.15, 0.2) is 18.3 Å². The summed E-state index contributed by atoms with van der Waals surface area (Å²) in [5.41, 5.74) is 0.639. The average Bonchev–Trinajstić information content (AvgIpc) is 2.53. The predicted molar refractivity (Wildman–Crippen MR) is 87.2 cm³/mol. The molecule has 122 valence electrons. The van der Waals surface area contributed by atoms with Gasteiger partial charge in [-0.3, -0.25) is 4.79 Å². The van der Waals surface area contributed by atoms with Crippen LogP contribution in [0.25, 0.3) is 0 Å². The second-order valence-corrected chi connectivity index (χ2v) is 5.93. The van der Waals surface area contributed by atoms with E-state index in [1.54, 1.807) is 12.3 Å². The van der Waals surface area contributed by atoms with Gasteiger partial charge >= 0.3 is 0 Å². The molecule has 1 amide bonds. The van der Waals surface area contributed by atoms with E-state index in [2.05, 4.69) is 27.1 Å². The summed E-state index contributed by atoms with van der Waals surface area (Å²) < 4.78 is 0. The number of hydrogen-bond acceptors (Lipinski definition) is 5. The number of aliphatic hydroxyl groups is 1. The molecule has 22 heavy (non-hydrogen) atoms. The van der Waals surface area contributed by atoms with Crippen molar-refractivity contribution in [1.29, 1.82) is 0 Å². The van der Waals surface area contributed by atoms with Crippen LogP contribution in [-0.2, 0) is 0 Å². The maximum Gasteiger partial charge on any atom is 0.251 e. The number of aromatic nitrogens is 1. The van der Waals surface area contributed by atoms with Crippen LogP contribution in [0, 0.1) is 0 Å². The summed E-state index contributed by atoms with van der Waals surface area (Å²) in [6, 6.07) is 3.66. The molecule has 1 atom stereocenters. The third kappa shape index (κ3) is 4.68. The topological polar surface area (TPSA) is 68.7 Å². The van der Waals surface area contributed by atoms with Gasteiger partial charge in [-0.25, -0.2) is 4.98 Å². The first-order valence-corrected chi connectivity index (χ1v) is 7.91.